The van der Waals surface area contributed by atoms with E-state index >= 15 is 0 Å². The van der Waals surface area contributed by atoms with Gasteiger partial charge in [0.1, 0.15) is 0 Å². The fourth-order valence-corrected chi connectivity index (χ4v) is 2.20. The van der Waals surface area contributed by atoms with Gasteiger partial charge in [-0.05, 0) is 30.3 Å². The standard InChI is InChI=1S/C15H11ClN4O2/c16-11-4-2-1-3-10(11)15(22)20-19-14(21)9-5-6-12-13(7-9)18-8-17-12/h1-8H,(H,17,18)(H,19,21)(H,20,22). The number of rotatable bonds is 2. The average Bonchev–Trinajstić information content (AvgIpc) is 3.00. The van der Waals surface area contributed by atoms with Crippen molar-refractivity contribution in [3.8, 4) is 0 Å². The summed E-state index contributed by atoms with van der Waals surface area (Å²) in [5, 5.41) is 0.313. The molecule has 0 bridgehead atoms. The van der Waals surface area contributed by atoms with Crippen LogP contribution in [-0.2, 0) is 0 Å². The van der Waals surface area contributed by atoms with Crippen molar-refractivity contribution >= 4 is 34.4 Å². The van der Waals surface area contributed by atoms with Gasteiger partial charge in [-0.25, -0.2) is 4.98 Å². The van der Waals surface area contributed by atoms with Crippen LogP contribution in [0.15, 0.2) is 48.8 Å². The highest BCUT2D eigenvalue weighted by Crippen LogP contribution is 2.14. The minimum absolute atomic E-state index is 0.286. The Balaban J connectivity index is 1.69. The fraction of sp³-hybridized carbons (Fsp3) is 0. The van der Waals surface area contributed by atoms with Crippen LogP contribution in [0.1, 0.15) is 20.7 Å². The van der Waals surface area contributed by atoms with Crippen molar-refractivity contribution in [3.05, 3.63) is 64.9 Å². The maximum Gasteiger partial charge on any atom is 0.271 e. The number of halogens is 1. The minimum atomic E-state index is -0.485. The summed E-state index contributed by atoms with van der Waals surface area (Å²) in [5.74, 6) is -0.918. The number of carbonyl (C=O) groups excluding carboxylic acids is 2. The number of hydrogen-bond donors (Lipinski definition) is 3. The molecule has 2 aromatic carbocycles. The SMILES string of the molecule is O=C(NNC(=O)c1ccccc1Cl)c1ccc2nc[nH]c2c1. The molecule has 2 amide bonds. The van der Waals surface area contributed by atoms with E-state index in [0.717, 1.165) is 11.0 Å². The van der Waals surface area contributed by atoms with E-state index in [1.54, 1.807) is 48.8 Å². The number of amides is 2. The van der Waals surface area contributed by atoms with E-state index in [1.807, 2.05) is 0 Å². The second-order valence-electron chi connectivity index (χ2n) is 4.52. The molecule has 1 heterocycles. The Labute approximate surface area is 130 Å². The van der Waals surface area contributed by atoms with Crippen LogP contribution in [0.3, 0.4) is 0 Å². The third-order valence-corrected chi connectivity index (χ3v) is 3.42. The zero-order valence-corrected chi connectivity index (χ0v) is 12.0. The van der Waals surface area contributed by atoms with Crippen LogP contribution < -0.4 is 10.9 Å². The molecule has 6 nitrogen and oxygen atoms in total. The largest absolute Gasteiger partial charge is 0.345 e. The molecule has 7 heteroatoms. The molecule has 3 rings (SSSR count). The molecule has 3 N–H and O–H groups in total. The zero-order chi connectivity index (χ0) is 15.5. The summed E-state index contributed by atoms with van der Waals surface area (Å²) >= 11 is 5.92. The number of fused-ring (bicyclic) bond motifs is 1. The molecule has 0 saturated carbocycles. The summed E-state index contributed by atoms with van der Waals surface area (Å²) in [6.07, 6.45) is 1.55. The molecule has 0 atom stereocenters. The van der Waals surface area contributed by atoms with Gasteiger partial charge in [0.05, 0.1) is 27.9 Å². The van der Waals surface area contributed by atoms with Crippen molar-refractivity contribution in [1.82, 2.24) is 20.8 Å². The van der Waals surface area contributed by atoms with E-state index in [1.165, 1.54) is 0 Å². The second-order valence-corrected chi connectivity index (χ2v) is 4.93. The summed E-state index contributed by atoms with van der Waals surface area (Å²) in [4.78, 5) is 31.0. The zero-order valence-electron chi connectivity index (χ0n) is 11.3. The monoisotopic (exact) mass is 314 g/mol. The quantitative estimate of drug-likeness (QED) is 0.634. The summed E-state index contributed by atoms with van der Waals surface area (Å²) in [6, 6.07) is 11.6. The summed E-state index contributed by atoms with van der Waals surface area (Å²) < 4.78 is 0. The number of imidazole rings is 1. The van der Waals surface area contributed by atoms with Gasteiger partial charge < -0.3 is 4.98 Å². The molecule has 0 unspecified atom stereocenters. The van der Waals surface area contributed by atoms with E-state index in [0.29, 0.717) is 10.6 Å². The molecule has 0 saturated heterocycles. The number of aromatic amines is 1. The van der Waals surface area contributed by atoms with Crippen LogP contribution in [0, 0.1) is 0 Å². The van der Waals surface area contributed by atoms with Crippen LogP contribution in [0.2, 0.25) is 5.02 Å². The molecular formula is C15H11ClN4O2. The van der Waals surface area contributed by atoms with Crippen molar-refractivity contribution in [3.63, 3.8) is 0 Å². The number of benzene rings is 2. The Kier molecular flexibility index (Phi) is 3.76. The third-order valence-electron chi connectivity index (χ3n) is 3.09. The Bertz CT molecular complexity index is 859. The molecule has 0 spiro atoms. The molecule has 3 aromatic rings. The maximum absolute atomic E-state index is 12.0. The normalized spacial score (nSPS) is 10.4. The van der Waals surface area contributed by atoms with Crippen LogP contribution in [0.25, 0.3) is 11.0 Å². The minimum Gasteiger partial charge on any atom is -0.345 e. The lowest BCUT2D eigenvalue weighted by Gasteiger charge is -2.08. The smallest absolute Gasteiger partial charge is 0.271 e. The second kappa shape index (κ2) is 5.87. The van der Waals surface area contributed by atoms with Crippen molar-refractivity contribution in [2.45, 2.75) is 0 Å². The predicted molar refractivity (Wildman–Crippen MR) is 82.5 cm³/mol. The predicted octanol–water partition coefficient (Wildman–Crippen LogP) is 2.29. The van der Waals surface area contributed by atoms with Gasteiger partial charge in [0.15, 0.2) is 0 Å². The Morgan fingerprint density at radius 3 is 2.64 bits per heavy atom. The van der Waals surface area contributed by atoms with Crippen LogP contribution in [0.5, 0.6) is 0 Å². The lowest BCUT2D eigenvalue weighted by atomic mass is 10.2. The first kappa shape index (κ1) is 14.1. The molecule has 110 valence electrons. The van der Waals surface area contributed by atoms with Crippen molar-refractivity contribution in [2.24, 2.45) is 0 Å². The number of H-pyrrole nitrogens is 1. The van der Waals surface area contributed by atoms with E-state index in [-0.39, 0.29) is 5.56 Å². The van der Waals surface area contributed by atoms with Crippen LogP contribution in [0.4, 0.5) is 0 Å². The molecule has 22 heavy (non-hydrogen) atoms. The molecule has 0 fully saturated rings. The van der Waals surface area contributed by atoms with Crippen LogP contribution in [-0.4, -0.2) is 21.8 Å². The first-order valence-corrected chi connectivity index (χ1v) is 6.81. The number of hydrazine groups is 1. The van der Waals surface area contributed by atoms with Gasteiger partial charge in [-0.1, -0.05) is 23.7 Å². The Morgan fingerprint density at radius 1 is 1.05 bits per heavy atom. The van der Waals surface area contributed by atoms with Gasteiger partial charge in [0.2, 0.25) is 0 Å². The molecule has 0 radical (unpaired) electrons. The van der Waals surface area contributed by atoms with Gasteiger partial charge in [-0.3, -0.25) is 20.4 Å². The van der Waals surface area contributed by atoms with Crippen LogP contribution >= 0.6 is 11.6 Å². The molecule has 0 aliphatic rings. The van der Waals surface area contributed by atoms with E-state index in [4.69, 9.17) is 11.6 Å². The lowest BCUT2D eigenvalue weighted by Crippen LogP contribution is -2.41. The maximum atomic E-state index is 12.0. The van der Waals surface area contributed by atoms with E-state index in [9.17, 15) is 9.59 Å². The van der Waals surface area contributed by atoms with Gasteiger partial charge in [-0.2, -0.15) is 0 Å². The number of aromatic nitrogens is 2. The van der Waals surface area contributed by atoms with Crippen molar-refractivity contribution in [2.75, 3.05) is 0 Å². The number of carbonyl (C=O) groups is 2. The summed E-state index contributed by atoms with van der Waals surface area (Å²) in [6.45, 7) is 0. The number of nitrogens with one attached hydrogen (secondary N) is 3. The first-order valence-electron chi connectivity index (χ1n) is 6.43. The Hall–Kier alpha value is -2.86. The summed E-state index contributed by atoms with van der Waals surface area (Å²) in [7, 11) is 0. The van der Waals surface area contributed by atoms with E-state index < -0.39 is 11.8 Å². The van der Waals surface area contributed by atoms with Gasteiger partial charge in [0.25, 0.3) is 11.8 Å². The highest BCUT2D eigenvalue weighted by atomic mass is 35.5. The summed E-state index contributed by atoms with van der Waals surface area (Å²) in [5.41, 5.74) is 6.87. The fourth-order valence-electron chi connectivity index (χ4n) is 1.98. The topological polar surface area (TPSA) is 86.9 Å². The molecule has 1 aromatic heterocycles. The average molecular weight is 315 g/mol. The Morgan fingerprint density at radius 2 is 1.82 bits per heavy atom. The van der Waals surface area contributed by atoms with Crippen molar-refractivity contribution < 1.29 is 9.59 Å². The number of hydrogen-bond acceptors (Lipinski definition) is 3. The number of nitrogens with zero attached hydrogens (tertiary/aromatic N) is 1. The molecule has 0 aliphatic carbocycles. The van der Waals surface area contributed by atoms with Gasteiger partial charge >= 0.3 is 0 Å². The van der Waals surface area contributed by atoms with Crippen molar-refractivity contribution in [1.29, 1.82) is 0 Å². The first-order chi connectivity index (χ1) is 10.6. The highest BCUT2D eigenvalue weighted by Gasteiger charge is 2.12. The van der Waals surface area contributed by atoms with E-state index in [2.05, 4.69) is 20.8 Å². The lowest BCUT2D eigenvalue weighted by molar-refractivity contribution is 0.0847. The molecular weight excluding hydrogens is 304 g/mol. The van der Waals surface area contributed by atoms with Gasteiger partial charge in [-0.15, -0.1) is 0 Å². The third kappa shape index (κ3) is 2.77. The highest BCUT2D eigenvalue weighted by molar-refractivity contribution is 6.33. The van der Waals surface area contributed by atoms with Gasteiger partial charge in [0, 0.05) is 5.56 Å². The molecule has 0 aliphatic heterocycles.